The maximum absolute atomic E-state index is 12.3. The molecule has 0 atom stereocenters. The Kier molecular flexibility index (Phi) is 4.89. The van der Waals surface area contributed by atoms with Gasteiger partial charge in [0.1, 0.15) is 0 Å². The van der Waals surface area contributed by atoms with Crippen LogP contribution >= 0.6 is 11.3 Å². The smallest absolute Gasteiger partial charge is 0.223 e. The average molecular weight is 326 g/mol. The van der Waals surface area contributed by atoms with Crippen LogP contribution < -0.4 is 4.90 Å². The van der Waals surface area contributed by atoms with Gasteiger partial charge in [-0.1, -0.05) is 12.1 Å². The predicted molar refractivity (Wildman–Crippen MR) is 90.4 cm³/mol. The van der Waals surface area contributed by atoms with E-state index < -0.39 is 0 Å². The van der Waals surface area contributed by atoms with E-state index >= 15 is 0 Å². The lowest BCUT2D eigenvalue weighted by atomic mass is 10.1. The lowest BCUT2D eigenvalue weighted by molar-refractivity contribution is -0.131. The van der Waals surface area contributed by atoms with Crippen LogP contribution in [0.3, 0.4) is 0 Å². The molecule has 6 heteroatoms. The summed E-state index contributed by atoms with van der Waals surface area (Å²) >= 11 is 1.64. The van der Waals surface area contributed by atoms with Crippen molar-refractivity contribution in [2.45, 2.75) is 12.8 Å². The van der Waals surface area contributed by atoms with Crippen LogP contribution in [0.2, 0.25) is 0 Å². The topological polar surface area (TPSA) is 60.2 Å². The number of benzene rings is 1. The molecule has 0 unspecified atom stereocenters. The largest absolute Gasteiger partial charge is 0.345 e. The molecule has 1 saturated heterocycles. The first-order valence-corrected chi connectivity index (χ1v) is 8.55. The van der Waals surface area contributed by atoms with Crippen LogP contribution in [0.25, 0.3) is 0 Å². The molecule has 0 bridgehead atoms. The van der Waals surface area contributed by atoms with E-state index in [4.69, 9.17) is 5.26 Å². The van der Waals surface area contributed by atoms with Gasteiger partial charge in [0.15, 0.2) is 5.13 Å². The Morgan fingerprint density at radius 1 is 1.30 bits per heavy atom. The number of thiazole rings is 1. The second-order valence-electron chi connectivity index (χ2n) is 5.49. The molecule has 1 fully saturated rings. The van der Waals surface area contributed by atoms with Gasteiger partial charge in [-0.3, -0.25) is 4.79 Å². The van der Waals surface area contributed by atoms with Crippen LogP contribution in [-0.4, -0.2) is 42.0 Å². The first kappa shape index (κ1) is 15.5. The van der Waals surface area contributed by atoms with E-state index in [1.54, 1.807) is 17.4 Å². The highest BCUT2D eigenvalue weighted by atomic mass is 32.1. The molecule has 5 nitrogen and oxygen atoms in total. The van der Waals surface area contributed by atoms with Gasteiger partial charge in [-0.15, -0.1) is 11.3 Å². The second-order valence-corrected chi connectivity index (χ2v) is 6.37. The quantitative estimate of drug-likeness (QED) is 0.865. The molecule has 0 radical (unpaired) electrons. The lowest BCUT2D eigenvalue weighted by Crippen LogP contribution is -2.48. The second kappa shape index (κ2) is 7.25. The molecule has 0 aliphatic carbocycles. The highest BCUT2D eigenvalue weighted by molar-refractivity contribution is 7.13. The molecule has 0 spiro atoms. The zero-order chi connectivity index (χ0) is 16.1. The molecule has 2 heterocycles. The van der Waals surface area contributed by atoms with E-state index in [0.29, 0.717) is 18.4 Å². The normalized spacial score (nSPS) is 14.6. The van der Waals surface area contributed by atoms with Gasteiger partial charge in [0.2, 0.25) is 5.91 Å². The van der Waals surface area contributed by atoms with Gasteiger partial charge < -0.3 is 9.80 Å². The molecule has 1 aliphatic heterocycles. The molecular weight excluding hydrogens is 308 g/mol. The third kappa shape index (κ3) is 3.88. The number of piperazine rings is 1. The van der Waals surface area contributed by atoms with Crippen LogP contribution in [0, 0.1) is 11.3 Å². The minimum absolute atomic E-state index is 0.186. The van der Waals surface area contributed by atoms with E-state index in [1.165, 1.54) is 0 Å². The van der Waals surface area contributed by atoms with Gasteiger partial charge in [0, 0.05) is 44.2 Å². The minimum atomic E-state index is 0.186. The van der Waals surface area contributed by atoms with Gasteiger partial charge in [-0.05, 0) is 24.1 Å². The molecule has 0 N–H and O–H groups in total. The summed E-state index contributed by atoms with van der Waals surface area (Å²) in [5.41, 5.74) is 1.69. The minimum Gasteiger partial charge on any atom is -0.345 e. The Bertz CT molecular complexity index is 700. The molecule has 0 saturated carbocycles. The Morgan fingerprint density at radius 3 is 2.83 bits per heavy atom. The van der Waals surface area contributed by atoms with Gasteiger partial charge in [0.05, 0.1) is 11.6 Å². The molecule has 1 aromatic carbocycles. The van der Waals surface area contributed by atoms with Gasteiger partial charge in [0.25, 0.3) is 0 Å². The zero-order valence-electron chi connectivity index (χ0n) is 12.8. The SMILES string of the molecule is N#Cc1cccc(CCC(=O)N2CCN(c3nccs3)CC2)c1. The lowest BCUT2D eigenvalue weighted by Gasteiger charge is -2.34. The monoisotopic (exact) mass is 326 g/mol. The van der Waals surface area contributed by atoms with Crippen LogP contribution in [-0.2, 0) is 11.2 Å². The summed E-state index contributed by atoms with van der Waals surface area (Å²) in [6.07, 6.45) is 2.99. The van der Waals surface area contributed by atoms with Crippen molar-refractivity contribution in [3.05, 3.63) is 47.0 Å². The standard InChI is InChI=1S/C17H18N4OS/c18-13-15-3-1-2-14(12-15)4-5-16(22)20-7-9-21(10-8-20)17-19-6-11-23-17/h1-3,6,11-12H,4-5,7-10H2. The number of anilines is 1. The van der Waals surface area contributed by atoms with Crippen molar-refractivity contribution in [3.8, 4) is 6.07 Å². The number of carbonyl (C=O) groups excluding carboxylic acids is 1. The number of aryl methyl sites for hydroxylation is 1. The summed E-state index contributed by atoms with van der Waals surface area (Å²) in [7, 11) is 0. The van der Waals surface area contributed by atoms with Crippen molar-refractivity contribution in [1.29, 1.82) is 5.26 Å². The number of rotatable bonds is 4. The van der Waals surface area contributed by atoms with Crippen molar-refractivity contribution in [3.63, 3.8) is 0 Å². The molecule has 1 amide bonds. The summed E-state index contributed by atoms with van der Waals surface area (Å²) in [5.74, 6) is 0.186. The molecule has 3 rings (SSSR count). The summed E-state index contributed by atoms with van der Waals surface area (Å²) in [6.45, 7) is 3.17. The molecule has 118 valence electrons. The van der Waals surface area contributed by atoms with Crippen LogP contribution in [0.4, 0.5) is 5.13 Å². The maximum Gasteiger partial charge on any atom is 0.223 e. The molecule has 2 aromatic rings. The van der Waals surface area contributed by atoms with E-state index in [1.807, 2.05) is 34.7 Å². The third-order valence-electron chi connectivity index (χ3n) is 4.01. The average Bonchev–Trinajstić information content (AvgIpc) is 3.14. The van der Waals surface area contributed by atoms with Crippen molar-refractivity contribution in [2.75, 3.05) is 31.1 Å². The summed E-state index contributed by atoms with van der Waals surface area (Å²) < 4.78 is 0. The van der Waals surface area contributed by atoms with Crippen molar-refractivity contribution >= 4 is 22.4 Å². The van der Waals surface area contributed by atoms with Gasteiger partial charge in [-0.2, -0.15) is 5.26 Å². The fourth-order valence-electron chi connectivity index (χ4n) is 2.72. The van der Waals surface area contributed by atoms with E-state index in [9.17, 15) is 4.79 Å². The number of hydrogen-bond acceptors (Lipinski definition) is 5. The number of amides is 1. The zero-order valence-corrected chi connectivity index (χ0v) is 13.6. The third-order valence-corrected chi connectivity index (χ3v) is 4.84. The number of hydrogen-bond donors (Lipinski definition) is 0. The number of aromatic nitrogens is 1. The summed E-state index contributed by atoms with van der Waals surface area (Å²) in [6, 6.07) is 9.60. The Balaban J connectivity index is 1.49. The highest BCUT2D eigenvalue weighted by Crippen LogP contribution is 2.19. The van der Waals surface area contributed by atoms with Gasteiger partial charge in [-0.25, -0.2) is 4.98 Å². The van der Waals surface area contributed by atoms with Crippen molar-refractivity contribution in [1.82, 2.24) is 9.88 Å². The number of nitriles is 1. The Morgan fingerprint density at radius 2 is 2.13 bits per heavy atom. The predicted octanol–water partition coefficient (Wildman–Crippen LogP) is 2.30. The number of carbonyl (C=O) groups is 1. The fraction of sp³-hybridized carbons (Fsp3) is 0.353. The first-order valence-electron chi connectivity index (χ1n) is 7.67. The Labute approximate surface area is 139 Å². The van der Waals surface area contributed by atoms with E-state index in [0.717, 1.165) is 36.9 Å². The van der Waals surface area contributed by atoms with E-state index in [-0.39, 0.29) is 5.91 Å². The summed E-state index contributed by atoms with van der Waals surface area (Å²) in [4.78, 5) is 20.8. The van der Waals surface area contributed by atoms with Crippen LogP contribution in [0.1, 0.15) is 17.5 Å². The highest BCUT2D eigenvalue weighted by Gasteiger charge is 2.21. The molecule has 23 heavy (non-hydrogen) atoms. The van der Waals surface area contributed by atoms with Crippen molar-refractivity contribution in [2.24, 2.45) is 0 Å². The van der Waals surface area contributed by atoms with Gasteiger partial charge >= 0.3 is 0 Å². The van der Waals surface area contributed by atoms with Crippen molar-refractivity contribution < 1.29 is 4.79 Å². The maximum atomic E-state index is 12.3. The van der Waals surface area contributed by atoms with E-state index in [2.05, 4.69) is 16.0 Å². The molecule has 1 aliphatic rings. The first-order chi connectivity index (χ1) is 11.3. The van der Waals surface area contributed by atoms with Crippen LogP contribution in [0.15, 0.2) is 35.8 Å². The molecular formula is C17H18N4OS. The number of nitrogens with zero attached hydrogens (tertiary/aromatic N) is 4. The Hall–Kier alpha value is -2.39. The molecule has 1 aromatic heterocycles. The summed E-state index contributed by atoms with van der Waals surface area (Å²) in [5, 5.41) is 11.9. The van der Waals surface area contributed by atoms with Crippen LogP contribution in [0.5, 0.6) is 0 Å². The fourth-order valence-corrected chi connectivity index (χ4v) is 3.42.